The zero-order chi connectivity index (χ0) is 20.9. The maximum atomic E-state index is 12.1. The zero-order valence-corrected chi connectivity index (χ0v) is 17.1. The highest BCUT2D eigenvalue weighted by Crippen LogP contribution is 2.39. The fourth-order valence-electron chi connectivity index (χ4n) is 3.55. The molecule has 0 amide bonds. The van der Waals surface area contributed by atoms with E-state index < -0.39 is 5.97 Å². The van der Waals surface area contributed by atoms with E-state index in [1.807, 2.05) is 35.0 Å². The summed E-state index contributed by atoms with van der Waals surface area (Å²) in [4.78, 5) is 16.2. The number of imidazole rings is 1. The van der Waals surface area contributed by atoms with Crippen LogP contribution in [0.15, 0.2) is 71.9 Å². The largest absolute Gasteiger partial charge is 0.462 e. The van der Waals surface area contributed by atoms with Gasteiger partial charge in [-0.05, 0) is 54.0 Å². The summed E-state index contributed by atoms with van der Waals surface area (Å²) in [5.74, 6) is -0.544. The molecule has 3 rings (SSSR count). The van der Waals surface area contributed by atoms with E-state index in [4.69, 9.17) is 4.74 Å². The summed E-state index contributed by atoms with van der Waals surface area (Å²) >= 11 is 0. The third-order valence-electron chi connectivity index (χ3n) is 4.81. The SMILES string of the molecule is CCOC(=O)/C(C#N)=C1C=C(/C=C/c2ccc(-n3ccnc3)cc2)CC(C)(C)C\1. The molecule has 1 aromatic carbocycles. The van der Waals surface area contributed by atoms with Crippen LogP contribution in [0.5, 0.6) is 0 Å². The van der Waals surface area contributed by atoms with Gasteiger partial charge in [-0.1, -0.05) is 44.2 Å². The molecule has 0 bridgehead atoms. The molecule has 0 atom stereocenters. The Hall–Kier alpha value is -3.39. The number of carbonyl (C=O) groups excluding carboxylic acids is 1. The number of rotatable bonds is 5. The molecule has 0 saturated heterocycles. The van der Waals surface area contributed by atoms with E-state index in [9.17, 15) is 10.1 Å². The lowest BCUT2D eigenvalue weighted by molar-refractivity contribution is -0.138. The number of allylic oxidation sites excluding steroid dienone is 4. The van der Waals surface area contributed by atoms with Crippen LogP contribution < -0.4 is 0 Å². The molecule has 0 saturated carbocycles. The number of nitriles is 1. The number of hydrogen-bond acceptors (Lipinski definition) is 4. The highest BCUT2D eigenvalue weighted by molar-refractivity contribution is 5.94. The minimum atomic E-state index is -0.544. The van der Waals surface area contributed by atoms with Crippen molar-refractivity contribution in [2.75, 3.05) is 6.61 Å². The number of ether oxygens (including phenoxy) is 1. The molecule has 0 spiro atoms. The van der Waals surface area contributed by atoms with Crippen LogP contribution in [0.1, 0.15) is 39.2 Å². The van der Waals surface area contributed by atoms with Crippen LogP contribution in [0.3, 0.4) is 0 Å². The van der Waals surface area contributed by atoms with Crippen molar-refractivity contribution < 1.29 is 9.53 Å². The summed E-state index contributed by atoms with van der Waals surface area (Å²) in [6.45, 7) is 6.29. The molecule has 0 aliphatic heterocycles. The Labute approximate surface area is 171 Å². The van der Waals surface area contributed by atoms with E-state index in [0.717, 1.165) is 28.8 Å². The van der Waals surface area contributed by atoms with Gasteiger partial charge in [0.2, 0.25) is 0 Å². The number of benzene rings is 1. The molecule has 2 aromatic rings. The van der Waals surface area contributed by atoms with E-state index in [1.54, 1.807) is 19.4 Å². The van der Waals surface area contributed by atoms with Gasteiger partial charge in [-0.3, -0.25) is 0 Å². The van der Waals surface area contributed by atoms with Crippen molar-refractivity contribution in [1.82, 2.24) is 9.55 Å². The normalized spacial score (nSPS) is 17.5. The van der Waals surface area contributed by atoms with Gasteiger partial charge >= 0.3 is 5.97 Å². The third kappa shape index (κ3) is 5.11. The van der Waals surface area contributed by atoms with Crippen molar-refractivity contribution in [3.63, 3.8) is 0 Å². The van der Waals surface area contributed by atoms with Crippen LogP contribution in [-0.4, -0.2) is 22.1 Å². The Morgan fingerprint density at radius 3 is 2.66 bits per heavy atom. The highest BCUT2D eigenvalue weighted by atomic mass is 16.5. The quantitative estimate of drug-likeness (QED) is 0.411. The first-order valence-electron chi connectivity index (χ1n) is 9.69. The average Bonchev–Trinajstić information content (AvgIpc) is 3.21. The highest BCUT2D eigenvalue weighted by Gasteiger charge is 2.28. The lowest BCUT2D eigenvalue weighted by atomic mass is 9.74. The average molecular weight is 387 g/mol. The first kappa shape index (κ1) is 20.3. The summed E-state index contributed by atoms with van der Waals surface area (Å²) in [5, 5.41) is 9.48. The molecule has 5 heteroatoms. The molecule has 0 N–H and O–H groups in total. The van der Waals surface area contributed by atoms with Gasteiger partial charge in [0.05, 0.1) is 12.9 Å². The molecule has 0 radical (unpaired) electrons. The molecule has 29 heavy (non-hydrogen) atoms. The van der Waals surface area contributed by atoms with Gasteiger partial charge in [0.15, 0.2) is 0 Å². The predicted molar refractivity (Wildman–Crippen MR) is 113 cm³/mol. The fraction of sp³-hybridized carbons (Fsp3) is 0.292. The smallest absolute Gasteiger partial charge is 0.349 e. The van der Waals surface area contributed by atoms with Gasteiger partial charge in [0.25, 0.3) is 0 Å². The number of carbonyl (C=O) groups is 1. The molecule has 148 valence electrons. The monoisotopic (exact) mass is 387 g/mol. The molecule has 1 aliphatic rings. The predicted octanol–water partition coefficient (Wildman–Crippen LogP) is 5.02. The number of hydrogen-bond donors (Lipinski definition) is 0. The Kier molecular flexibility index (Phi) is 6.13. The first-order valence-corrected chi connectivity index (χ1v) is 9.69. The van der Waals surface area contributed by atoms with Crippen LogP contribution in [-0.2, 0) is 9.53 Å². The molecule has 5 nitrogen and oxygen atoms in total. The van der Waals surface area contributed by atoms with Gasteiger partial charge < -0.3 is 9.30 Å². The molecule has 1 heterocycles. The van der Waals surface area contributed by atoms with Crippen molar-refractivity contribution in [2.45, 2.75) is 33.6 Å². The van der Waals surface area contributed by atoms with E-state index >= 15 is 0 Å². The van der Waals surface area contributed by atoms with Gasteiger partial charge in [-0.2, -0.15) is 5.26 Å². The van der Waals surface area contributed by atoms with E-state index in [0.29, 0.717) is 6.42 Å². The van der Waals surface area contributed by atoms with Crippen molar-refractivity contribution in [3.8, 4) is 11.8 Å². The second kappa shape index (κ2) is 8.74. The zero-order valence-electron chi connectivity index (χ0n) is 17.1. The molecule has 0 unspecified atom stereocenters. The molecule has 1 aliphatic carbocycles. The maximum absolute atomic E-state index is 12.1. The van der Waals surface area contributed by atoms with Crippen LogP contribution in [0.4, 0.5) is 0 Å². The molecular formula is C24H25N3O2. The first-order chi connectivity index (χ1) is 13.9. The Morgan fingerprint density at radius 1 is 1.28 bits per heavy atom. The number of nitrogens with zero attached hydrogens (tertiary/aromatic N) is 3. The Balaban J connectivity index is 1.85. The summed E-state index contributed by atoms with van der Waals surface area (Å²) in [6, 6.07) is 10.2. The van der Waals surface area contributed by atoms with Crippen molar-refractivity contribution >= 4 is 12.0 Å². The summed E-state index contributed by atoms with van der Waals surface area (Å²) in [6.07, 6.45) is 13.0. The summed E-state index contributed by atoms with van der Waals surface area (Å²) < 4.78 is 7.00. The van der Waals surface area contributed by atoms with E-state index in [1.165, 1.54) is 0 Å². The standard InChI is InChI=1S/C24H25N3O2/c1-4-29-23(28)22(16-25)20-13-19(14-24(2,3)15-20)6-5-18-7-9-21(10-8-18)27-12-11-26-17-27/h5-13,17H,4,14-15H2,1-3H3/b6-5+,22-20+. The van der Waals surface area contributed by atoms with Crippen LogP contribution >= 0.6 is 0 Å². The van der Waals surface area contributed by atoms with Crippen LogP contribution in [0.25, 0.3) is 11.8 Å². The molecule has 0 fully saturated rings. The lowest BCUT2D eigenvalue weighted by Crippen LogP contribution is -2.19. The second-order valence-electron chi connectivity index (χ2n) is 7.86. The lowest BCUT2D eigenvalue weighted by Gasteiger charge is -2.30. The second-order valence-corrected chi connectivity index (χ2v) is 7.86. The fourth-order valence-corrected chi connectivity index (χ4v) is 3.55. The Bertz CT molecular complexity index is 1000. The Morgan fingerprint density at radius 2 is 2.03 bits per heavy atom. The van der Waals surface area contributed by atoms with Gasteiger partial charge in [-0.15, -0.1) is 0 Å². The minimum Gasteiger partial charge on any atom is -0.462 e. The van der Waals surface area contributed by atoms with Crippen molar-refractivity contribution in [2.24, 2.45) is 5.41 Å². The van der Waals surface area contributed by atoms with Crippen molar-refractivity contribution in [1.29, 1.82) is 5.26 Å². The van der Waals surface area contributed by atoms with Crippen LogP contribution in [0, 0.1) is 16.7 Å². The van der Waals surface area contributed by atoms with E-state index in [-0.39, 0.29) is 17.6 Å². The third-order valence-corrected chi connectivity index (χ3v) is 4.81. The van der Waals surface area contributed by atoms with Gasteiger partial charge in [0.1, 0.15) is 11.6 Å². The number of aromatic nitrogens is 2. The van der Waals surface area contributed by atoms with E-state index in [2.05, 4.69) is 43.1 Å². The molecular weight excluding hydrogens is 362 g/mol. The maximum Gasteiger partial charge on any atom is 0.349 e. The number of esters is 1. The minimum absolute atomic E-state index is 0.0381. The molecule has 1 aromatic heterocycles. The topological polar surface area (TPSA) is 67.9 Å². The van der Waals surface area contributed by atoms with Crippen molar-refractivity contribution in [3.05, 3.63) is 77.4 Å². The summed E-state index contributed by atoms with van der Waals surface area (Å²) in [7, 11) is 0. The van der Waals surface area contributed by atoms with Gasteiger partial charge in [0, 0.05) is 18.1 Å². The van der Waals surface area contributed by atoms with Gasteiger partial charge in [-0.25, -0.2) is 9.78 Å². The van der Waals surface area contributed by atoms with Crippen LogP contribution in [0.2, 0.25) is 0 Å². The summed E-state index contributed by atoms with van der Waals surface area (Å²) in [5.41, 5.74) is 4.04.